The molecule has 0 fully saturated rings. The van der Waals surface area contributed by atoms with E-state index in [-0.39, 0.29) is 11.4 Å². The third-order valence-electron chi connectivity index (χ3n) is 2.81. The molecular weight excluding hydrogens is 256 g/mol. The number of anilines is 1. The number of nitriles is 1. The van der Waals surface area contributed by atoms with Crippen LogP contribution in [-0.4, -0.2) is 29.2 Å². The number of nitrogens with zero attached hydrogens (tertiary/aromatic N) is 4. The highest BCUT2D eigenvalue weighted by Gasteiger charge is 2.11. The smallest absolute Gasteiger partial charge is 0.183 e. The van der Waals surface area contributed by atoms with E-state index in [4.69, 9.17) is 10.00 Å². The second kappa shape index (κ2) is 5.89. The lowest BCUT2D eigenvalue weighted by Gasteiger charge is -2.19. The fraction of sp³-hybridized carbons (Fsp3) is 0.214. The summed E-state index contributed by atoms with van der Waals surface area (Å²) in [7, 11) is 3.32. The molecule has 0 saturated carbocycles. The van der Waals surface area contributed by atoms with Gasteiger partial charge in [0.05, 0.1) is 7.11 Å². The van der Waals surface area contributed by atoms with Crippen molar-refractivity contribution in [3.05, 3.63) is 41.9 Å². The minimum Gasteiger partial charge on any atom is -0.504 e. The summed E-state index contributed by atoms with van der Waals surface area (Å²) in [6.45, 7) is 0.518. The van der Waals surface area contributed by atoms with Crippen LogP contribution in [0.2, 0.25) is 0 Å². The fourth-order valence-electron chi connectivity index (χ4n) is 1.86. The zero-order valence-electron chi connectivity index (χ0n) is 11.2. The van der Waals surface area contributed by atoms with Crippen LogP contribution in [0.3, 0.4) is 0 Å². The van der Waals surface area contributed by atoms with Crippen LogP contribution in [0, 0.1) is 11.3 Å². The number of rotatable bonds is 4. The highest BCUT2D eigenvalue weighted by Crippen LogP contribution is 2.27. The van der Waals surface area contributed by atoms with Crippen LogP contribution in [0.5, 0.6) is 11.5 Å². The van der Waals surface area contributed by atoms with Gasteiger partial charge in [-0.3, -0.25) is 0 Å². The van der Waals surface area contributed by atoms with Crippen molar-refractivity contribution in [1.82, 2.24) is 9.97 Å². The molecule has 0 aliphatic rings. The molecule has 20 heavy (non-hydrogen) atoms. The number of aromatic nitrogens is 2. The standard InChI is InChI=1S/C14H14N4O2/c1-18(14-11(8-15)16-5-6-17-14)9-10-3-4-12(19)13(7-10)20-2/h3-7,19H,9H2,1-2H3. The molecule has 1 aromatic carbocycles. The van der Waals surface area contributed by atoms with Crippen molar-refractivity contribution in [3.8, 4) is 17.6 Å². The SMILES string of the molecule is COc1cc(CN(C)c2nccnc2C#N)ccc1O. The van der Waals surface area contributed by atoms with Gasteiger partial charge in [-0.15, -0.1) is 0 Å². The molecule has 1 aromatic heterocycles. The van der Waals surface area contributed by atoms with Crippen LogP contribution in [0.25, 0.3) is 0 Å². The molecule has 0 bridgehead atoms. The normalized spacial score (nSPS) is 9.85. The summed E-state index contributed by atoms with van der Waals surface area (Å²) in [4.78, 5) is 9.96. The molecule has 6 heteroatoms. The highest BCUT2D eigenvalue weighted by atomic mass is 16.5. The van der Waals surface area contributed by atoms with Crippen molar-refractivity contribution in [1.29, 1.82) is 5.26 Å². The van der Waals surface area contributed by atoms with Crippen LogP contribution in [0.15, 0.2) is 30.6 Å². The van der Waals surface area contributed by atoms with Crippen LogP contribution >= 0.6 is 0 Å². The summed E-state index contributed by atoms with van der Waals surface area (Å²) in [6, 6.07) is 7.12. The minimum atomic E-state index is 0.0936. The molecule has 0 saturated heterocycles. The van der Waals surface area contributed by atoms with E-state index < -0.39 is 0 Å². The maximum Gasteiger partial charge on any atom is 0.183 e. The lowest BCUT2D eigenvalue weighted by atomic mass is 10.2. The Hall–Kier alpha value is -2.81. The van der Waals surface area contributed by atoms with E-state index in [1.165, 1.54) is 13.3 Å². The first kappa shape index (κ1) is 13.6. The number of methoxy groups -OCH3 is 1. The maximum absolute atomic E-state index is 9.56. The lowest BCUT2D eigenvalue weighted by molar-refractivity contribution is 0.373. The van der Waals surface area contributed by atoms with Crippen molar-refractivity contribution in [3.63, 3.8) is 0 Å². The lowest BCUT2D eigenvalue weighted by Crippen LogP contribution is -2.19. The molecule has 0 radical (unpaired) electrons. The first-order valence-electron chi connectivity index (χ1n) is 5.94. The Balaban J connectivity index is 2.24. The van der Waals surface area contributed by atoms with Gasteiger partial charge in [0.2, 0.25) is 0 Å². The summed E-state index contributed by atoms with van der Waals surface area (Å²) < 4.78 is 5.07. The molecule has 0 amide bonds. The summed E-state index contributed by atoms with van der Waals surface area (Å²) in [5.74, 6) is 1.02. The number of aromatic hydroxyl groups is 1. The van der Waals surface area contributed by atoms with Gasteiger partial charge in [-0.05, 0) is 17.7 Å². The molecule has 1 heterocycles. The predicted octanol–water partition coefficient (Wildman–Crippen LogP) is 1.70. The molecule has 2 rings (SSSR count). The van der Waals surface area contributed by atoms with Gasteiger partial charge in [-0.25, -0.2) is 9.97 Å². The van der Waals surface area contributed by atoms with Crippen LogP contribution in [-0.2, 0) is 6.54 Å². The number of hydrogen-bond donors (Lipinski definition) is 1. The monoisotopic (exact) mass is 270 g/mol. The van der Waals surface area contributed by atoms with Gasteiger partial charge in [-0.2, -0.15) is 5.26 Å². The van der Waals surface area contributed by atoms with E-state index in [9.17, 15) is 5.11 Å². The van der Waals surface area contributed by atoms with E-state index >= 15 is 0 Å². The topological polar surface area (TPSA) is 82.3 Å². The Morgan fingerprint density at radius 1 is 1.35 bits per heavy atom. The molecule has 0 spiro atoms. The Labute approximate surface area is 116 Å². The number of phenols is 1. The number of phenolic OH excluding ortho intramolecular Hbond substituents is 1. The van der Waals surface area contributed by atoms with Crippen LogP contribution < -0.4 is 9.64 Å². The van der Waals surface area contributed by atoms with E-state index in [1.807, 2.05) is 18.0 Å². The Bertz CT molecular complexity index is 652. The van der Waals surface area contributed by atoms with Crippen LogP contribution in [0.4, 0.5) is 5.82 Å². The molecule has 2 aromatic rings. The van der Waals surface area contributed by atoms with Gasteiger partial charge in [0.1, 0.15) is 6.07 Å². The molecule has 0 atom stereocenters. The van der Waals surface area contributed by atoms with Gasteiger partial charge < -0.3 is 14.7 Å². The minimum absolute atomic E-state index is 0.0936. The first-order valence-corrected chi connectivity index (χ1v) is 5.94. The molecule has 0 aliphatic carbocycles. The third-order valence-corrected chi connectivity index (χ3v) is 2.81. The van der Waals surface area contributed by atoms with Crippen molar-refractivity contribution < 1.29 is 9.84 Å². The first-order chi connectivity index (χ1) is 9.65. The van der Waals surface area contributed by atoms with Gasteiger partial charge in [0.15, 0.2) is 23.0 Å². The average molecular weight is 270 g/mol. The Morgan fingerprint density at radius 3 is 2.80 bits per heavy atom. The molecule has 6 nitrogen and oxygen atoms in total. The second-order valence-corrected chi connectivity index (χ2v) is 4.20. The molecule has 0 unspecified atom stereocenters. The van der Waals surface area contributed by atoms with Gasteiger partial charge in [0, 0.05) is 26.0 Å². The van der Waals surface area contributed by atoms with Crippen molar-refractivity contribution in [2.45, 2.75) is 6.54 Å². The average Bonchev–Trinajstić information content (AvgIpc) is 2.49. The predicted molar refractivity (Wildman–Crippen MR) is 73.5 cm³/mol. The van der Waals surface area contributed by atoms with Gasteiger partial charge in [0.25, 0.3) is 0 Å². The quantitative estimate of drug-likeness (QED) is 0.910. The molecule has 0 aliphatic heterocycles. The highest BCUT2D eigenvalue weighted by molar-refractivity contribution is 5.50. The number of hydrogen-bond acceptors (Lipinski definition) is 6. The Kier molecular flexibility index (Phi) is 4.01. The maximum atomic E-state index is 9.56. The fourth-order valence-corrected chi connectivity index (χ4v) is 1.86. The van der Waals surface area contributed by atoms with Crippen molar-refractivity contribution in [2.75, 3.05) is 19.1 Å². The molecular formula is C14H14N4O2. The summed E-state index contributed by atoms with van der Waals surface area (Å²) in [5.41, 5.74) is 1.21. The zero-order chi connectivity index (χ0) is 14.5. The van der Waals surface area contributed by atoms with E-state index in [2.05, 4.69) is 9.97 Å². The third kappa shape index (κ3) is 2.78. The van der Waals surface area contributed by atoms with E-state index in [0.717, 1.165) is 5.56 Å². The van der Waals surface area contributed by atoms with Crippen molar-refractivity contribution >= 4 is 5.82 Å². The zero-order valence-corrected chi connectivity index (χ0v) is 11.2. The van der Waals surface area contributed by atoms with Gasteiger partial charge >= 0.3 is 0 Å². The van der Waals surface area contributed by atoms with Gasteiger partial charge in [-0.1, -0.05) is 6.07 Å². The largest absolute Gasteiger partial charge is 0.504 e. The summed E-state index contributed by atoms with van der Waals surface area (Å²) >= 11 is 0. The molecule has 1 N–H and O–H groups in total. The van der Waals surface area contributed by atoms with E-state index in [1.54, 1.807) is 24.4 Å². The van der Waals surface area contributed by atoms with E-state index in [0.29, 0.717) is 18.1 Å². The second-order valence-electron chi connectivity index (χ2n) is 4.20. The van der Waals surface area contributed by atoms with Crippen LogP contribution in [0.1, 0.15) is 11.3 Å². The number of benzene rings is 1. The number of ether oxygens (including phenoxy) is 1. The van der Waals surface area contributed by atoms with Crippen molar-refractivity contribution in [2.24, 2.45) is 0 Å². The molecule has 102 valence electrons. The summed E-state index contributed by atoms with van der Waals surface area (Å²) in [5, 5.41) is 18.6. The Morgan fingerprint density at radius 2 is 2.10 bits per heavy atom. The summed E-state index contributed by atoms with van der Waals surface area (Å²) in [6.07, 6.45) is 3.03.